The summed E-state index contributed by atoms with van der Waals surface area (Å²) in [6, 6.07) is 4.04. The van der Waals surface area contributed by atoms with Gasteiger partial charge in [0, 0.05) is 17.1 Å². The first-order chi connectivity index (χ1) is 9.47. The van der Waals surface area contributed by atoms with Crippen molar-refractivity contribution in [3.05, 3.63) is 22.2 Å². The monoisotopic (exact) mass is 336 g/mol. The Kier molecular flexibility index (Phi) is 3.32. The zero-order valence-electron chi connectivity index (χ0n) is 11.6. The average Bonchev–Trinajstić information content (AvgIpc) is 3.16. The van der Waals surface area contributed by atoms with Crippen LogP contribution < -0.4 is 10.2 Å². The van der Waals surface area contributed by atoms with Crippen molar-refractivity contribution in [2.24, 2.45) is 5.92 Å². The predicted octanol–water partition coefficient (Wildman–Crippen LogP) is 3.21. The van der Waals surface area contributed by atoms with Gasteiger partial charge in [0.1, 0.15) is 0 Å². The van der Waals surface area contributed by atoms with Crippen LogP contribution in [-0.4, -0.2) is 24.3 Å². The molecule has 1 aromatic carbocycles. The van der Waals surface area contributed by atoms with E-state index in [1.165, 1.54) is 12.8 Å². The second-order valence-corrected chi connectivity index (χ2v) is 6.68. The van der Waals surface area contributed by atoms with E-state index in [1.54, 1.807) is 6.07 Å². The number of nitrogens with zero attached hydrogens (tertiary/aromatic N) is 1. The summed E-state index contributed by atoms with van der Waals surface area (Å²) in [4.78, 5) is 25.5. The number of carbonyl (C=O) groups is 2. The molecule has 1 fully saturated rings. The molecule has 0 bridgehead atoms. The van der Waals surface area contributed by atoms with Gasteiger partial charge in [-0.25, -0.2) is 0 Å². The summed E-state index contributed by atoms with van der Waals surface area (Å²) in [6.07, 6.45) is 2.59. The maximum absolute atomic E-state index is 11.7. The Morgan fingerprint density at radius 2 is 2.05 bits per heavy atom. The lowest BCUT2D eigenvalue weighted by Crippen LogP contribution is -2.33. The van der Waals surface area contributed by atoms with Crippen molar-refractivity contribution < 1.29 is 9.59 Å². The highest BCUT2D eigenvalue weighted by atomic mass is 79.9. The van der Waals surface area contributed by atoms with E-state index >= 15 is 0 Å². The van der Waals surface area contributed by atoms with Gasteiger partial charge in [0.05, 0.1) is 16.9 Å². The molecule has 106 valence electrons. The number of hydrogen-bond donors (Lipinski definition) is 1. The Bertz CT molecular complexity index is 594. The maximum atomic E-state index is 11.7. The van der Waals surface area contributed by atoms with Crippen molar-refractivity contribution in [1.82, 2.24) is 0 Å². The summed E-state index contributed by atoms with van der Waals surface area (Å²) in [7, 11) is 0. The van der Waals surface area contributed by atoms with Crippen LogP contribution in [0.5, 0.6) is 0 Å². The third kappa shape index (κ3) is 2.35. The molecule has 1 aromatic rings. The van der Waals surface area contributed by atoms with Gasteiger partial charge in [0.25, 0.3) is 11.7 Å². The van der Waals surface area contributed by atoms with Gasteiger partial charge in [0.15, 0.2) is 0 Å². The van der Waals surface area contributed by atoms with Crippen LogP contribution in [0.3, 0.4) is 0 Å². The number of carbonyl (C=O) groups excluding carboxylic acids is 2. The zero-order chi connectivity index (χ0) is 14.4. The van der Waals surface area contributed by atoms with Crippen molar-refractivity contribution in [3.63, 3.8) is 0 Å². The van der Waals surface area contributed by atoms with Gasteiger partial charge in [0.2, 0.25) is 0 Å². The molecule has 0 radical (unpaired) electrons. The first-order valence-corrected chi connectivity index (χ1v) is 7.72. The van der Waals surface area contributed by atoms with Crippen molar-refractivity contribution in [1.29, 1.82) is 0 Å². The third-order valence-corrected chi connectivity index (χ3v) is 4.51. The number of hydrogen-bond acceptors (Lipinski definition) is 3. The standard InChI is InChI=1S/C15H17BrN2O2/c1-8(2)18(7-9-3-4-9)13-6-12-10(5-11(13)16)14(19)15(20)17-12/h5-6,8-9H,3-4,7H2,1-2H3,(H,17,19,20). The van der Waals surface area contributed by atoms with Crippen molar-refractivity contribution >= 4 is 39.0 Å². The Morgan fingerprint density at radius 3 is 2.65 bits per heavy atom. The number of halogens is 1. The number of benzene rings is 1. The second kappa shape index (κ2) is 4.88. The Labute approximate surface area is 126 Å². The molecule has 0 spiro atoms. The van der Waals surface area contributed by atoms with Gasteiger partial charge in [-0.2, -0.15) is 0 Å². The summed E-state index contributed by atoms with van der Waals surface area (Å²) in [5.74, 6) is -0.221. The van der Waals surface area contributed by atoms with E-state index in [2.05, 4.69) is 40.0 Å². The molecule has 0 saturated heterocycles. The Morgan fingerprint density at radius 1 is 1.35 bits per heavy atom. The van der Waals surface area contributed by atoms with E-state index in [4.69, 9.17) is 0 Å². The minimum Gasteiger partial charge on any atom is -0.368 e. The molecule has 1 amide bonds. The zero-order valence-corrected chi connectivity index (χ0v) is 13.2. The number of anilines is 2. The molecule has 0 atom stereocenters. The lowest BCUT2D eigenvalue weighted by Gasteiger charge is -2.30. The second-order valence-electron chi connectivity index (χ2n) is 5.82. The number of nitrogens with one attached hydrogen (secondary N) is 1. The largest absolute Gasteiger partial charge is 0.368 e. The molecule has 1 aliphatic carbocycles. The molecule has 0 unspecified atom stereocenters. The third-order valence-electron chi connectivity index (χ3n) is 3.87. The Hall–Kier alpha value is -1.36. The van der Waals surface area contributed by atoms with Crippen LogP contribution in [0, 0.1) is 5.92 Å². The number of fused-ring (bicyclic) bond motifs is 1. The molecule has 1 N–H and O–H groups in total. The fourth-order valence-corrected chi connectivity index (χ4v) is 3.11. The summed E-state index contributed by atoms with van der Waals surface area (Å²) in [5.41, 5.74) is 2.13. The quantitative estimate of drug-likeness (QED) is 0.859. The highest BCUT2D eigenvalue weighted by Gasteiger charge is 2.31. The number of ketones is 1. The van der Waals surface area contributed by atoms with E-state index in [0.717, 1.165) is 22.6 Å². The molecule has 1 heterocycles. The van der Waals surface area contributed by atoms with Gasteiger partial charge in [-0.3, -0.25) is 9.59 Å². The summed E-state index contributed by atoms with van der Waals surface area (Å²) >= 11 is 3.54. The molecule has 4 nitrogen and oxygen atoms in total. The highest BCUT2D eigenvalue weighted by molar-refractivity contribution is 9.10. The molecule has 0 aromatic heterocycles. The SMILES string of the molecule is CC(C)N(CC1CC1)c1cc2c(cc1Br)C(=O)C(=O)N2. The number of amides is 1. The predicted molar refractivity (Wildman–Crippen MR) is 82.3 cm³/mol. The molecular weight excluding hydrogens is 320 g/mol. The van der Waals surface area contributed by atoms with Gasteiger partial charge in [-0.15, -0.1) is 0 Å². The van der Waals surface area contributed by atoms with Crippen LogP contribution >= 0.6 is 15.9 Å². The first kappa shape index (κ1) is 13.6. The number of Topliss-reactive ketones (excluding diaryl/α,β-unsaturated/α-hetero) is 1. The van der Waals surface area contributed by atoms with E-state index in [1.807, 2.05) is 6.07 Å². The molecule has 3 rings (SSSR count). The van der Waals surface area contributed by atoms with Crippen molar-refractivity contribution in [2.75, 3.05) is 16.8 Å². The van der Waals surface area contributed by atoms with Gasteiger partial charge in [-0.05, 0) is 60.7 Å². The smallest absolute Gasteiger partial charge is 0.296 e. The lowest BCUT2D eigenvalue weighted by molar-refractivity contribution is -0.112. The number of rotatable bonds is 4. The van der Waals surface area contributed by atoms with Crippen LogP contribution in [0.25, 0.3) is 0 Å². The fourth-order valence-electron chi connectivity index (χ4n) is 2.54. The Balaban J connectivity index is 1.99. The summed E-state index contributed by atoms with van der Waals surface area (Å²) in [6.45, 7) is 5.34. The minimum absolute atomic E-state index is 0.373. The molecule has 20 heavy (non-hydrogen) atoms. The molecule has 1 saturated carbocycles. The lowest BCUT2D eigenvalue weighted by atomic mass is 10.1. The molecule has 2 aliphatic rings. The van der Waals surface area contributed by atoms with Crippen molar-refractivity contribution in [3.8, 4) is 0 Å². The normalized spacial score (nSPS) is 17.4. The minimum atomic E-state index is -0.540. The van der Waals surface area contributed by atoms with Crippen LogP contribution in [0.15, 0.2) is 16.6 Å². The van der Waals surface area contributed by atoms with Crippen LogP contribution in [-0.2, 0) is 4.79 Å². The van der Waals surface area contributed by atoms with E-state index < -0.39 is 11.7 Å². The van der Waals surface area contributed by atoms with E-state index in [9.17, 15) is 9.59 Å². The molecule has 5 heteroatoms. The van der Waals surface area contributed by atoms with Crippen LogP contribution in [0.1, 0.15) is 37.0 Å². The molecule has 1 aliphatic heterocycles. The topological polar surface area (TPSA) is 49.4 Å². The van der Waals surface area contributed by atoms with Crippen LogP contribution in [0.2, 0.25) is 0 Å². The summed E-state index contributed by atoms with van der Waals surface area (Å²) < 4.78 is 0.871. The van der Waals surface area contributed by atoms with Gasteiger partial charge in [-0.1, -0.05) is 0 Å². The maximum Gasteiger partial charge on any atom is 0.296 e. The van der Waals surface area contributed by atoms with Crippen molar-refractivity contribution in [2.45, 2.75) is 32.7 Å². The van der Waals surface area contributed by atoms with Gasteiger partial charge >= 0.3 is 0 Å². The average molecular weight is 337 g/mol. The first-order valence-electron chi connectivity index (χ1n) is 6.93. The van der Waals surface area contributed by atoms with E-state index in [0.29, 0.717) is 17.3 Å². The van der Waals surface area contributed by atoms with Crippen LogP contribution in [0.4, 0.5) is 11.4 Å². The van der Waals surface area contributed by atoms with Gasteiger partial charge < -0.3 is 10.2 Å². The highest BCUT2D eigenvalue weighted by Crippen LogP contribution is 2.38. The van der Waals surface area contributed by atoms with E-state index in [-0.39, 0.29) is 0 Å². The molecular formula is C15H17BrN2O2. The summed E-state index contributed by atoms with van der Waals surface area (Å²) in [5, 5.41) is 2.64. The fraction of sp³-hybridized carbons (Fsp3) is 0.467.